The fraction of sp³-hybridized carbons (Fsp3) is 0.304. The van der Waals surface area contributed by atoms with Gasteiger partial charge in [-0.1, -0.05) is 41.9 Å². The molecule has 1 aliphatic rings. The molecule has 0 aliphatic carbocycles. The molecule has 9 heteroatoms. The van der Waals surface area contributed by atoms with Gasteiger partial charge in [-0.2, -0.15) is 0 Å². The van der Waals surface area contributed by atoms with Crippen molar-refractivity contribution in [3.05, 3.63) is 70.9 Å². The predicted octanol–water partition coefficient (Wildman–Crippen LogP) is 1.09. The van der Waals surface area contributed by atoms with E-state index in [4.69, 9.17) is 11.6 Å². The number of aliphatic hydroxyl groups excluding tert-OH is 3. The van der Waals surface area contributed by atoms with Gasteiger partial charge in [-0.15, -0.1) is 0 Å². The smallest absolute Gasteiger partial charge is 0.253 e. The van der Waals surface area contributed by atoms with Gasteiger partial charge in [0.25, 0.3) is 11.8 Å². The Balaban J connectivity index is 1.58. The third-order valence-corrected chi connectivity index (χ3v) is 5.94. The number of halogens is 1. The Morgan fingerprint density at radius 3 is 2.50 bits per heavy atom. The average Bonchev–Trinajstić information content (AvgIpc) is 3.35. The monoisotopic (exact) mass is 457 g/mol. The van der Waals surface area contributed by atoms with Gasteiger partial charge in [0, 0.05) is 35.2 Å². The van der Waals surface area contributed by atoms with Crippen molar-refractivity contribution in [2.45, 2.75) is 30.8 Å². The number of carbonyl (C=O) groups is 2. The second-order valence-corrected chi connectivity index (χ2v) is 8.42. The molecule has 4 atom stereocenters. The lowest BCUT2D eigenvalue weighted by molar-refractivity contribution is -0.141. The summed E-state index contributed by atoms with van der Waals surface area (Å²) in [5, 5.41) is 34.3. The van der Waals surface area contributed by atoms with E-state index in [1.807, 2.05) is 30.3 Å². The number of aromatic nitrogens is 1. The lowest BCUT2D eigenvalue weighted by Crippen LogP contribution is -2.52. The van der Waals surface area contributed by atoms with Gasteiger partial charge in [-0.3, -0.25) is 9.59 Å². The molecular weight excluding hydrogens is 434 g/mol. The Morgan fingerprint density at radius 1 is 1.12 bits per heavy atom. The largest absolute Gasteiger partial charge is 0.388 e. The van der Waals surface area contributed by atoms with Gasteiger partial charge in [0.05, 0.1) is 23.8 Å². The summed E-state index contributed by atoms with van der Waals surface area (Å²) in [6.45, 7) is -0.159. The minimum atomic E-state index is -1.56. The van der Waals surface area contributed by atoms with Gasteiger partial charge in [0.1, 0.15) is 0 Å². The number of H-pyrrole nitrogens is 1. The Hall–Kier alpha value is -2.91. The van der Waals surface area contributed by atoms with Gasteiger partial charge in [0.2, 0.25) is 0 Å². The second kappa shape index (κ2) is 9.30. The van der Waals surface area contributed by atoms with Crippen LogP contribution in [0.2, 0.25) is 5.02 Å². The van der Waals surface area contributed by atoms with Crippen LogP contribution in [-0.2, 0) is 11.2 Å². The summed E-state index contributed by atoms with van der Waals surface area (Å²) in [5.41, 5.74) is 1.90. The number of aliphatic hydroxyl groups is 3. The second-order valence-electron chi connectivity index (χ2n) is 7.98. The van der Waals surface area contributed by atoms with Gasteiger partial charge in [-0.05, 0) is 30.2 Å². The highest BCUT2D eigenvalue weighted by Gasteiger charge is 2.38. The van der Waals surface area contributed by atoms with Crippen molar-refractivity contribution in [2.24, 2.45) is 0 Å². The number of hydrogen-bond acceptors (Lipinski definition) is 5. The number of likely N-dealkylation sites (tertiary alicyclic amines) is 1. The van der Waals surface area contributed by atoms with Crippen molar-refractivity contribution in [3.8, 4) is 0 Å². The van der Waals surface area contributed by atoms with Gasteiger partial charge in [0.15, 0.2) is 6.10 Å². The van der Waals surface area contributed by atoms with Crippen LogP contribution < -0.4 is 5.32 Å². The van der Waals surface area contributed by atoms with Crippen LogP contribution in [0.5, 0.6) is 0 Å². The minimum absolute atomic E-state index is 0.0794. The van der Waals surface area contributed by atoms with Crippen LogP contribution in [0.3, 0.4) is 0 Å². The van der Waals surface area contributed by atoms with Crippen molar-refractivity contribution in [1.29, 1.82) is 0 Å². The summed E-state index contributed by atoms with van der Waals surface area (Å²) in [4.78, 5) is 30.2. The number of aromatic amines is 1. The van der Waals surface area contributed by atoms with Gasteiger partial charge in [-0.25, -0.2) is 0 Å². The first-order valence-electron chi connectivity index (χ1n) is 10.3. The molecule has 5 N–H and O–H groups in total. The summed E-state index contributed by atoms with van der Waals surface area (Å²) in [7, 11) is 0. The number of hydrogen-bond donors (Lipinski definition) is 5. The Morgan fingerprint density at radius 2 is 1.81 bits per heavy atom. The van der Waals surface area contributed by atoms with E-state index in [0.717, 1.165) is 11.1 Å². The molecule has 1 aromatic heterocycles. The quantitative estimate of drug-likeness (QED) is 0.379. The molecule has 0 spiro atoms. The van der Waals surface area contributed by atoms with E-state index in [1.54, 1.807) is 24.4 Å². The van der Waals surface area contributed by atoms with Crippen molar-refractivity contribution in [1.82, 2.24) is 15.2 Å². The highest BCUT2D eigenvalue weighted by atomic mass is 35.5. The summed E-state index contributed by atoms with van der Waals surface area (Å²) in [6, 6.07) is 13.4. The standard InChI is InChI=1S/C23H24ClN3O5/c24-14-6-7-17-15(9-14)16(10-25-17)22(31)26-18(8-13-4-2-1-3-5-13)21(30)23(32)27-11-19(28)20(29)12-27/h1-7,9-10,18-21,25,28-30H,8,11-12H2,(H,26,31)/t18-,19-,20+,21+/m0/s1. The molecule has 4 rings (SSSR count). The van der Waals surface area contributed by atoms with E-state index >= 15 is 0 Å². The van der Waals surface area contributed by atoms with Crippen LogP contribution in [0.25, 0.3) is 10.9 Å². The van der Waals surface area contributed by atoms with Crippen LogP contribution >= 0.6 is 11.6 Å². The third-order valence-electron chi connectivity index (χ3n) is 5.71. The summed E-state index contributed by atoms with van der Waals surface area (Å²) < 4.78 is 0. The number of nitrogens with one attached hydrogen (secondary N) is 2. The van der Waals surface area contributed by atoms with Crippen LogP contribution in [0.4, 0.5) is 0 Å². The topological polar surface area (TPSA) is 126 Å². The van der Waals surface area contributed by atoms with Crippen molar-refractivity contribution >= 4 is 34.3 Å². The highest BCUT2D eigenvalue weighted by molar-refractivity contribution is 6.31. The number of carbonyl (C=O) groups excluding carboxylic acids is 2. The van der Waals surface area contributed by atoms with E-state index in [0.29, 0.717) is 16.0 Å². The van der Waals surface area contributed by atoms with Crippen molar-refractivity contribution in [3.63, 3.8) is 0 Å². The fourth-order valence-corrected chi connectivity index (χ4v) is 4.12. The number of benzene rings is 2. The molecule has 2 aromatic carbocycles. The zero-order chi connectivity index (χ0) is 22.8. The van der Waals surface area contributed by atoms with Crippen molar-refractivity contribution in [2.75, 3.05) is 13.1 Å². The maximum Gasteiger partial charge on any atom is 0.253 e. The first kappa shape index (κ1) is 22.3. The summed E-state index contributed by atoms with van der Waals surface area (Å²) in [6.07, 6.45) is -1.93. The number of β-amino-alcohol motifs (C(OH)–C–C–N with tert-alkyl or cyclic N) is 2. The number of amides is 2. The zero-order valence-corrected chi connectivity index (χ0v) is 17.9. The SMILES string of the molecule is O=C(N[C@@H](Cc1ccccc1)[C@@H](O)C(=O)N1C[C@@H](O)[C@@H](O)C1)c1c[nH]c2ccc(Cl)cc12. The highest BCUT2D eigenvalue weighted by Crippen LogP contribution is 2.23. The molecule has 32 heavy (non-hydrogen) atoms. The van der Waals surface area contributed by atoms with Crippen molar-refractivity contribution < 1.29 is 24.9 Å². The van der Waals surface area contributed by atoms with E-state index in [1.165, 1.54) is 4.90 Å². The number of fused-ring (bicyclic) bond motifs is 1. The molecule has 0 unspecified atom stereocenters. The molecule has 0 saturated carbocycles. The van der Waals surface area contributed by atoms with Gasteiger partial charge >= 0.3 is 0 Å². The van der Waals surface area contributed by atoms with E-state index in [-0.39, 0.29) is 19.5 Å². The lowest BCUT2D eigenvalue weighted by Gasteiger charge is -2.27. The number of rotatable bonds is 6. The van der Waals surface area contributed by atoms with Gasteiger partial charge < -0.3 is 30.5 Å². The average molecular weight is 458 g/mol. The van der Waals surface area contributed by atoms with Crippen LogP contribution in [0, 0.1) is 0 Å². The molecule has 3 aromatic rings. The normalized spacial score (nSPS) is 20.3. The summed E-state index contributed by atoms with van der Waals surface area (Å²) >= 11 is 6.08. The minimum Gasteiger partial charge on any atom is -0.388 e. The van der Waals surface area contributed by atoms with E-state index in [2.05, 4.69) is 10.3 Å². The Labute approximate surface area is 189 Å². The molecule has 2 heterocycles. The number of nitrogens with zero attached hydrogens (tertiary/aromatic N) is 1. The zero-order valence-electron chi connectivity index (χ0n) is 17.1. The van der Waals surface area contributed by atoms with Crippen LogP contribution in [0.1, 0.15) is 15.9 Å². The molecule has 8 nitrogen and oxygen atoms in total. The fourth-order valence-electron chi connectivity index (χ4n) is 3.95. The summed E-state index contributed by atoms with van der Waals surface area (Å²) in [5.74, 6) is -1.13. The molecule has 1 saturated heterocycles. The molecule has 0 bridgehead atoms. The molecular formula is C23H24ClN3O5. The first-order valence-corrected chi connectivity index (χ1v) is 10.7. The Kier molecular flexibility index (Phi) is 6.48. The van der Waals surface area contributed by atoms with Crippen LogP contribution in [0.15, 0.2) is 54.7 Å². The molecule has 2 amide bonds. The van der Waals surface area contributed by atoms with Crippen LogP contribution in [-0.4, -0.2) is 74.5 Å². The Bertz CT molecular complexity index is 1110. The van der Waals surface area contributed by atoms with E-state index < -0.39 is 36.2 Å². The third kappa shape index (κ3) is 4.63. The molecule has 0 radical (unpaired) electrons. The first-order chi connectivity index (χ1) is 15.3. The molecule has 1 fully saturated rings. The molecule has 168 valence electrons. The van der Waals surface area contributed by atoms with E-state index in [9.17, 15) is 24.9 Å². The molecule has 1 aliphatic heterocycles. The predicted molar refractivity (Wildman–Crippen MR) is 119 cm³/mol. The lowest BCUT2D eigenvalue weighted by atomic mass is 9.99. The maximum absolute atomic E-state index is 13.1. The maximum atomic E-state index is 13.1.